The monoisotopic (exact) mass is 228 g/mol. The highest BCUT2D eigenvalue weighted by molar-refractivity contribution is 8.00. The maximum absolute atomic E-state index is 5.94. The Balaban J connectivity index is 2.07. The largest absolute Gasteiger partial charge is 0.361 e. The summed E-state index contributed by atoms with van der Waals surface area (Å²) in [5.74, 6) is 0. The first-order valence-corrected chi connectivity index (χ1v) is 6.70. The van der Waals surface area contributed by atoms with Crippen LogP contribution in [-0.2, 0) is 4.74 Å². The van der Waals surface area contributed by atoms with Crippen molar-refractivity contribution < 1.29 is 4.74 Å². The van der Waals surface area contributed by atoms with Gasteiger partial charge in [0, 0.05) is 9.77 Å². The molecular formula is C11H16OS2. The van der Waals surface area contributed by atoms with Crippen molar-refractivity contribution in [2.45, 2.75) is 49.5 Å². The molecule has 1 saturated heterocycles. The fourth-order valence-electron chi connectivity index (χ4n) is 1.80. The van der Waals surface area contributed by atoms with Crippen LogP contribution in [0.4, 0.5) is 0 Å². The molecule has 0 saturated carbocycles. The van der Waals surface area contributed by atoms with Crippen LogP contribution in [0.1, 0.15) is 31.6 Å². The van der Waals surface area contributed by atoms with Gasteiger partial charge in [-0.05, 0) is 45.1 Å². The van der Waals surface area contributed by atoms with Gasteiger partial charge in [-0.1, -0.05) is 11.8 Å². The molecule has 1 aliphatic rings. The maximum Gasteiger partial charge on any atom is 0.115 e. The van der Waals surface area contributed by atoms with E-state index in [2.05, 4.69) is 32.2 Å². The molecule has 2 rings (SSSR count). The minimum absolute atomic E-state index is 0.00521. The lowest BCUT2D eigenvalue weighted by Gasteiger charge is -2.23. The van der Waals surface area contributed by atoms with E-state index in [1.54, 1.807) is 0 Å². The minimum atomic E-state index is 0.00521. The topological polar surface area (TPSA) is 9.23 Å². The molecule has 0 bridgehead atoms. The van der Waals surface area contributed by atoms with Gasteiger partial charge in [-0.25, -0.2) is 0 Å². The second-order valence-electron chi connectivity index (χ2n) is 4.04. The van der Waals surface area contributed by atoms with E-state index in [1.165, 1.54) is 16.2 Å². The molecule has 0 aliphatic carbocycles. The average molecular weight is 228 g/mol. The van der Waals surface area contributed by atoms with Crippen molar-refractivity contribution in [3.63, 3.8) is 0 Å². The number of thiophene rings is 1. The van der Waals surface area contributed by atoms with E-state index >= 15 is 0 Å². The van der Waals surface area contributed by atoms with Crippen LogP contribution >= 0.6 is 23.1 Å². The Morgan fingerprint density at radius 2 is 2.43 bits per heavy atom. The van der Waals surface area contributed by atoms with Gasteiger partial charge in [0.15, 0.2) is 0 Å². The van der Waals surface area contributed by atoms with E-state index in [-0.39, 0.29) is 4.93 Å². The molecule has 0 amide bonds. The third-order valence-electron chi connectivity index (χ3n) is 2.59. The van der Waals surface area contributed by atoms with Gasteiger partial charge >= 0.3 is 0 Å². The summed E-state index contributed by atoms with van der Waals surface area (Å²) < 4.78 is 5.94. The van der Waals surface area contributed by atoms with Crippen LogP contribution in [0.25, 0.3) is 0 Å². The molecule has 2 atom stereocenters. The van der Waals surface area contributed by atoms with Crippen LogP contribution in [0, 0.1) is 6.92 Å². The number of rotatable bonds is 2. The summed E-state index contributed by atoms with van der Waals surface area (Å²) in [4.78, 5) is 2.79. The standard InChI is InChI=1S/C11H16OS2/c1-8-4-6-11(3,12-8)14-10-5-7-13-9(10)2/h5,7-8H,4,6H2,1-3H3. The van der Waals surface area contributed by atoms with Crippen molar-refractivity contribution in [3.8, 4) is 0 Å². The second-order valence-corrected chi connectivity index (χ2v) is 6.67. The van der Waals surface area contributed by atoms with Crippen molar-refractivity contribution in [3.05, 3.63) is 16.3 Å². The van der Waals surface area contributed by atoms with Crippen LogP contribution in [0.2, 0.25) is 0 Å². The Morgan fingerprint density at radius 1 is 1.64 bits per heavy atom. The van der Waals surface area contributed by atoms with Gasteiger partial charge in [0.1, 0.15) is 4.93 Å². The summed E-state index contributed by atoms with van der Waals surface area (Å²) in [6.45, 7) is 6.54. The van der Waals surface area contributed by atoms with E-state index in [0.717, 1.165) is 6.42 Å². The highest BCUT2D eigenvalue weighted by atomic mass is 32.2. The Morgan fingerprint density at radius 3 is 2.93 bits per heavy atom. The molecule has 14 heavy (non-hydrogen) atoms. The lowest BCUT2D eigenvalue weighted by Crippen LogP contribution is -2.19. The predicted molar refractivity (Wildman–Crippen MR) is 63.1 cm³/mol. The molecule has 78 valence electrons. The molecule has 1 aliphatic heterocycles. The molecule has 1 nitrogen and oxygen atoms in total. The lowest BCUT2D eigenvalue weighted by molar-refractivity contribution is 0.0438. The maximum atomic E-state index is 5.94. The van der Waals surface area contributed by atoms with Gasteiger partial charge < -0.3 is 4.74 Å². The van der Waals surface area contributed by atoms with Gasteiger partial charge in [-0.3, -0.25) is 0 Å². The summed E-state index contributed by atoms with van der Waals surface area (Å²) in [6, 6.07) is 2.20. The summed E-state index contributed by atoms with van der Waals surface area (Å²) in [6.07, 6.45) is 2.77. The number of hydrogen-bond donors (Lipinski definition) is 0. The molecule has 2 heterocycles. The predicted octanol–water partition coefficient (Wildman–Crippen LogP) is 4.06. The Kier molecular flexibility index (Phi) is 2.91. The van der Waals surface area contributed by atoms with E-state index in [0.29, 0.717) is 6.10 Å². The van der Waals surface area contributed by atoms with E-state index in [9.17, 15) is 0 Å². The fourth-order valence-corrected chi connectivity index (χ4v) is 3.92. The summed E-state index contributed by atoms with van der Waals surface area (Å²) in [5, 5.41) is 2.15. The highest BCUT2D eigenvalue weighted by Crippen LogP contribution is 2.45. The minimum Gasteiger partial charge on any atom is -0.361 e. The third kappa shape index (κ3) is 2.15. The molecule has 1 aromatic rings. The van der Waals surface area contributed by atoms with Gasteiger partial charge in [0.25, 0.3) is 0 Å². The molecule has 1 aromatic heterocycles. The summed E-state index contributed by atoms with van der Waals surface area (Å²) in [5.41, 5.74) is 0. The molecule has 0 spiro atoms. The zero-order valence-corrected chi connectivity index (χ0v) is 10.5. The van der Waals surface area contributed by atoms with Crippen molar-refractivity contribution in [2.24, 2.45) is 0 Å². The third-order valence-corrected chi connectivity index (χ3v) is 4.96. The molecule has 0 N–H and O–H groups in total. The van der Waals surface area contributed by atoms with Gasteiger partial charge in [-0.15, -0.1) is 11.3 Å². The Hall–Kier alpha value is 0.01000. The quantitative estimate of drug-likeness (QED) is 0.755. The molecule has 2 unspecified atom stereocenters. The van der Waals surface area contributed by atoms with Crippen molar-refractivity contribution in [2.75, 3.05) is 0 Å². The second kappa shape index (κ2) is 3.87. The average Bonchev–Trinajstić information content (AvgIpc) is 2.62. The number of aryl methyl sites for hydroxylation is 1. The first-order chi connectivity index (χ1) is 6.59. The Labute approximate surface area is 93.9 Å². The van der Waals surface area contributed by atoms with Crippen LogP contribution in [0.5, 0.6) is 0 Å². The van der Waals surface area contributed by atoms with Crippen LogP contribution in [0.3, 0.4) is 0 Å². The molecule has 3 heteroatoms. The normalized spacial score (nSPS) is 32.4. The number of thioether (sulfide) groups is 1. The van der Waals surface area contributed by atoms with Crippen molar-refractivity contribution >= 4 is 23.1 Å². The first-order valence-electron chi connectivity index (χ1n) is 5.00. The van der Waals surface area contributed by atoms with Crippen LogP contribution in [0.15, 0.2) is 16.3 Å². The first kappa shape index (κ1) is 10.5. The highest BCUT2D eigenvalue weighted by Gasteiger charge is 2.35. The van der Waals surface area contributed by atoms with E-state index < -0.39 is 0 Å². The van der Waals surface area contributed by atoms with E-state index in [4.69, 9.17) is 4.74 Å². The smallest absolute Gasteiger partial charge is 0.115 e. The molecular weight excluding hydrogens is 212 g/mol. The Bertz CT molecular complexity index is 321. The zero-order chi connectivity index (χ0) is 10.2. The van der Waals surface area contributed by atoms with Crippen molar-refractivity contribution in [1.29, 1.82) is 0 Å². The fraction of sp³-hybridized carbons (Fsp3) is 0.636. The molecule has 0 aromatic carbocycles. The summed E-state index contributed by atoms with van der Waals surface area (Å²) >= 11 is 3.69. The van der Waals surface area contributed by atoms with Crippen LogP contribution in [-0.4, -0.2) is 11.0 Å². The molecule has 1 fully saturated rings. The number of ether oxygens (including phenoxy) is 1. The number of hydrogen-bond acceptors (Lipinski definition) is 3. The van der Waals surface area contributed by atoms with E-state index in [1.807, 2.05) is 23.1 Å². The lowest BCUT2D eigenvalue weighted by atomic mass is 10.2. The molecule has 0 radical (unpaired) electrons. The van der Waals surface area contributed by atoms with Gasteiger partial charge in [0.2, 0.25) is 0 Å². The summed E-state index contributed by atoms with van der Waals surface area (Å²) in [7, 11) is 0. The zero-order valence-electron chi connectivity index (χ0n) is 8.87. The van der Waals surface area contributed by atoms with Crippen LogP contribution < -0.4 is 0 Å². The van der Waals surface area contributed by atoms with Gasteiger partial charge in [0.05, 0.1) is 6.10 Å². The SMILES string of the molecule is Cc1sccc1SC1(C)CCC(C)O1. The van der Waals surface area contributed by atoms with Crippen molar-refractivity contribution in [1.82, 2.24) is 0 Å². The van der Waals surface area contributed by atoms with Gasteiger partial charge in [-0.2, -0.15) is 0 Å².